The predicted octanol–water partition coefficient (Wildman–Crippen LogP) is 5.39. The predicted molar refractivity (Wildman–Crippen MR) is 133 cm³/mol. The Labute approximate surface area is 207 Å². The molecule has 6 nitrogen and oxygen atoms in total. The summed E-state index contributed by atoms with van der Waals surface area (Å²) >= 11 is 7.43. The zero-order valence-electron chi connectivity index (χ0n) is 19.0. The van der Waals surface area contributed by atoms with Gasteiger partial charge in [-0.3, -0.25) is 9.59 Å². The SMILES string of the molecule is COc1ccc(OC)c(/C(O)=C2\C(=O)C(=O)N(CCc3ccc(Cl)cc3)C2c2sccc2C)c1. The van der Waals surface area contributed by atoms with Gasteiger partial charge in [0.05, 0.1) is 31.4 Å². The summed E-state index contributed by atoms with van der Waals surface area (Å²) < 4.78 is 10.7. The lowest BCUT2D eigenvalue weighted by Gasteiger charge is -2.25. The average Bonchev–Trinajstić information content (AvgIpc) is 3.38. The third kappa shape index (κ3) is 4.41. The van der Waals surface area contributed by atoms with Crippen molar-refractivity contribution in [2.75, 3.05) is 20.8 Å². The number of rotatable bonds is 7. The number of aryl methyl sites for hydroxylation is 1. The van der Waals surface area contributed by atoms with Crippen LogP contribution in [-0.2, 0) is 16.0 Å². The number of nitrogens with zero attached hydrogens (tertiary/aromatic N) is 1. The molecule has 1 aliphatic heterocycles. The average molecular weight is 498 g/mol. The molecule has 1 unspecified atom stereocenters. The van der Waals surface area contributed by atoms with Gasteiger partial charge < -0.3 is 19.5 Å². The highest BCUT2D eigenvalue weighted by atomic mass is 35.5. The number of hydrogen-bond donors (Lipinski definition) is 1. The quantitative estimate of drug-likeness (QED) is 0.269. The minimum atomic E-state index is -0.726. The van der Waals surface area contributed by atoms with Crippen molar-refractivity contribution in [3.05, 3.63) is 86.1 Å². The van der Waals surface area contributed by atoms with Crippen molar-refractivity contribution in [3.8, 4) is 11.5 Å². The number of methoxy groups -OCH3 is 2. The van der Waals surface area contributed by atoms with Crippen LogP contribution in [0.15, 0.2) is 59.5 Å². The molecule has 8 heteroatoms. The molecule has 34 heavy (non-hydrogen) atoms. The van der Waals surface area contributed by atoms with E-state index in [9.17, 15) is 14.7 Å². The molecule has 0 spiro atoms. The van der Waals surface area contributed by atoms with Crippen molar-refractivity contribution in [1.29, 1.82) is 0 Å². The summed E-state index contributed by atoms with van der Waals surface area (Å²) in [6, 6.07) is 13.5. The lowest BCUT2D eigenvalue weighted by atomic mass is 9.97. The van der Waals surface area contributed by atoms with Crippen molar-refractivity contribution in [2.45, 2.75) is 19.4 Å². The topological polar surface area (TPSA) is 76.1 Å². The lowest BCUT2D eigenvalue weighted by Crippen LogP contribution is -2.31. The molecule has 176 valence electrons. The first kappa shape index (κ1) is 23.9. The van der Waals surface area contributed by atoms with Gasteiger partial charge in [-0.05, 0) is 66.2 Å². The number of Topliss-reactive ketones (excluding diaryl/α,β-unsaturated/α-hetero) is 1. The highest BCUT2D eigenvalue weighted by Gasteiger charge is 2.47. The summed E-state index contributed by atoms with van der Waals surface area (Å²) in [6.07, 6.45) is 0.535. The van der Waals surface area contributed by atoms with Crippen molar-refractivity contribution in [2.24, 2.45) is 0 Å². The number of ether oxygens (including phenoxy) is 2. The summed E-state index contributed by atoms with van der Waals surface area (Å²) in [5.41, 5.74) is 2.26. The maximum Gasteiger partial charge on any atom is 0.295 e. The van der Waals surface area contributed by atoms with Crippen LogP contribution in [0.5, 0.6) is 11.5 Å². The highest BCUT2D eigenvalue weighted by Crippen LogP contribution is 2.44. The molecule has 1 amide bonds. The fourth-order valence-electron chi connectivity index (χ4n) is 4.09. The standard InChI is InChI=1S/C26H24ClNO5S/c1-15-11-13-34-25(15)22-21(23(29)19-14-18(32-2)8-9-20(19)33-3)24(30)26(31)28(22)12-10-16-4-6-17(27)7-5-16/h4-9,11,13-14,22,29H,10,12H2,1-3H3/b23-21+. The molecule has 1 N–H and O–H groups in total. The second-order valence-corrected chi connectivity index (χ2v) is 9.29. The Hall–Kier alpha value is -3.29. The van der Waals surface area contributed by atoms with E-state index in [2.05, 4.69) is 0 Å². The van der Waals surface area contributed by atoms with Crippen molar-refractivity contribution in [1.82, 2.24) is 4.90 Å². The van der Waals surface area contributed by atoms with E-state index in [4.69, 9.17) is 21.1 Å². The molecular weight excluding hydrogens is 474 g/mol. The van der Waals surface area contributed by atoms with E-state index in [0.29, 0.717) is 29.5 Å². The molecule has 4 rings (SSSR count). The molecule has 1 aromatic heterocycles. The minimum Gasteiger partial charge on any atom is -0.507 e. The van der Waals surface area contributed by atoms with E-state index in [1.807, 2.05) is 30.5 Å². The Morgan fingerprint density at radius 1 is 1.09 bits per heavy atom. The van der Waals surface area contributed by atoms with Crippen LogP contribution < -0.4 is 9.47 Å². The zero-order chi connectivity index (χ0) is 24.4. The number of halogens is 1. The Morgan fingerprint density at radius 3 is 2.44 bits per heavy atom. The summed E-state index contributed by atoms with van der Waals surface area (Å²) in [5, 5.41) is 13.9. The second kappa shape index (κ2) is 9.91. The number of thiophene rings is 1. The number of hydrogen-bond acceptors (Lipinski definition) is 6. The van der Waals surface area contributed by atoms with Gasteiger partial charge in [-0.2, -0.15) is 0 Å². The molecule has 1 aliphatic rings. The van der Waals surface area contributed by atoms with Gasteiger partial charge in [0, 0.05) is 16.4 Å². The van der Waals surface area contributed by atoms with E-state index in [0.717, 1.165) is 16.0 Å². The molecule has 1 atom stereocenters. The van der Waals surface area contributed by atoms with Crippen molar-refractivity contribution < 1.29 is 24.2 Å². The van der Waals surface area contributed by atoms with Crippen LogP contribution >= 0.6 is 22.9 Å². The highest BCUT2D eigenvalue weighted by molar-refractivity contribution is 7.10. The van der Waals surface area contributed by atoms with Gasteiger partial charge in [-0.25, -0.2) is 0 Å². The molecular formula is C26H24ClNO5S. The second-order valence-electron chi connectivity index (χ2n) is 7.90. The first-order valence-corrected chi connectivity index (χ1v) is 11.9. The fraction of sp³-hybridized carbons (Fsp3) is 0.231. The minimum absolute atomic E-state index is 0.0400. The number of carbonyl (C=O) groups excluding carboxylic acids is 2. The van der Waals surface area contributed by atoms with E-state index in [1.54, 1.807) is 30.3 Å². The normalized spacial score (nSPS) is 17.3. The maximum absolute atomic E-state index is 13.3. The number of aliphatic hydroxyl groups is 1. The van der Waals surface area contributed by atoms with E-state index in [1.165, 1.54) is 30.5 Å². The summed E-state index contributed by atoms with van der Waals surface area (Å²) in [5.74, 6) is -0.803. The molecule has 3 aromatic rings. The number of ketones is 1. The van der Waals surface area contributed by atoms with E-state index < -0.39 is 17.7 Å². The smallest absolute Gasteiger partial charge is 0.295 e. The summed E-state index contributed by atoms with van der Waals surface area (Å²) in [6.45, 7) is 2.23. The summed E-state index contributed by atoms with van der Waals surface area (Å²) in [7, 11) is 2.99. The van der Waals surface area contributed by atoms with Gasteiger partial charge in [-0.1, -0.05) is 23.7 Å². The summed E-state index contributed by atoms with van der Waals surface area (Å²) in [4.78, 5) is 28.8. The van der Waals surface area contributed by atoms with Gasteiger partial charge in [0.15, 0.2) is 0 Å². The van der Waals surface area contributed by atoms with Crippen LogP contribution in [0.2, 0.25) is 5.02 Å². The molecule has 1 fully saturated rings. The Morgan fingerprint density at radius 2 is 1.82 bits per heavy atom. The fourth-order valence-corrected chi connectivity index (χ4v) is 5.27. The molecule has 0 bridgehead atoms. The first-order chi connectivity index (χ1) is 16.3. The number of amides is 1. The Balaban J connectivity index is 1.81. The molecule has 0 saturated carbocycles. The largest absolute Gasteiger partial charge is 0.507 e. The van der Waals surface area contributed by atoms with Gasteiger partial charge >= 0.3 is 0 Å². The molecule has 2 heterocycles. The lowest BCUT2D eigenvalue weighted by molar-refractivity contribution is -0.139. The van der Waals surface area contributed by atoms with Gasteiger partial charge in [-0.15, -0.1) is 11.3 Å². The molecule has 2 aromatic carbocycles. The Bertz CT molecular complexity index is 1260. The third-order valence-electron chi connectivity index (χ3n) is 5.91. The molecule has 1 saturated heterocycles. The van der Waals surface area contributed by atoms with Gasteiger partial charge in [0.2, 0.25) is 0 Å². The number of benzene rings is 2. The van der Waals surface area contributed by atoms with Crippen LogP contribution in [0.4, 0.5) is 0 Å². The monoisotopic (exact) mass is 497 g/mol. The Kier molecular flexibility index (Phi) is 6.95. The zero-order valence-corrected chi connectivity index (χ0v) is 20.6. The first-order valence-electron chi connectivity index (χ1n) is 10.6. The maximum atomic E-state index is 13.3. The molecule has 0 aliphatic carbocycles. The van der Waals surface area contributed by atoms with Crippen molar-refractivity contribution in [3.63, 3.8) is 0 Å². The van der Waals surface area contributed by atoms with Gasteiger partial charge in [0.1, 0.15) is 17.3 Å². The van der Waals surface area contributed by atoms with Crippen LogP contribution in [0.3, 0.4) is 0 Å². The number of likely N-dealkylation sites (tertiary alicyclic amines) is 1. The van der Waals surface area contributed by atoms with Crippen LogP contribution in [0, 0.1) is 6.92 Å². The van der Waals surface area contributed by atoms with Crippen LogP contribution in [0.25, 0.3) is 5.76 Å². The van der Waals surface area contributed by atoms with E-state index >= 15 is 0 Å². The third-order valence-corrected chi connectivity index (χ3v) is 7.23. The van der Waals surface area contributed by atoms with Gasteiger partial charge in [0.25, 0.3) is 11.7 Å². The number of carbonyl (C=O) groups is 2. The van der Waals surface area contributed by atoms with Crippen molar-refractivity contribution >= 4 is 40.4 Å². The number of aliphatic hydroxyl groups excluding tert-OH is 1. The van der Waals surface area contributed by atoms with E-state index in [-0.39, 0.29) is 16.9 Å². The molecule has 0 radical (unpaired) electrons. The van der Waals surface area contributed by atoms with Crippen LogP contribution in [-0.4, -0.2) is 42.5 Å². The van der Waals surface area contributed by atoms with Crippen LogP contribution in [0.1, 0.15) is 27.6 Å².